The van der Waals surface area contributed by atoms with Crippen LogP contribution >= 0.6 is 8.25 Å². The van der Waals surface area contributed by atoms with Gasteiger partial charge in [-0.05, 0) is 12.1 Å². The predicted octanol–water partition coefficient (Wildman–Crippen LogP) is 1.85. The summed E-state index contributed by atoms with van der Waals surface area (Å²) in [4.78, 5) is 8.35. The van der Waals surface area contributed by atoms with Crippen LogP contribution < -0.4 is 4.74 Å². The molecular weight excluding hydrogens is 203 g/mol. The van der Waals surface area contributed by atoms with Gasteiger partial charge in [0.1, 0.15) is 5.75 Å². The molecule has 1 N–H and O–H groups in total. The fraction of sp³-hybridized carbons (Fsp3) is 0.333. The molecule has 0 saturated carbocycles. The topological polar surface area (TPSA) is 55.8 Å². The Bertz CT molecular complexity index is 275. The first-order valence-corrected chi connectivity index (χ1v) is 5.59. The maximum atomic E-state index is 10.2. The van der Waals surface area contributed by atoms with Crippen molar-refractivity contribution in [3.8, 4) is 5.75 Å². The van der Waals surface area contributed by atoms with Gasteiger partial charge in [-0.1, -0.05) is 18.2 Å². The van der Waals surface area contributed by atoms with Crippen LogP contribution in [0.5, 0.6) is 5.75 Å². The summed E-state index contributed by atoms with van der Waals surface area (Å²) in [5, 5.41) is 0. The van der Waals surface area contributed by atoms with Gasteiger partial charge in [0.25, 0.3) is 0 Å². The minimum Gasteiger partial charge on any atom is -0.494 e. The molecule has 0 fully saturated rings. The normalized spacial score (nSPS) is 12.4. The molecule has 1 aromatic carbocycles. The van der Waals surface area contributed by atoms with Crippen LogP contribution in [-0.2, 0) is 9.09 Å². The Balaban J connectivity index is 2.08. The lowest BCUT2D eigenvalue weighted by atomic mass is 10.3. The highest BCUT2D eigenvalue weighted by Crippen LogP contribution is 2.14. The van der Waals surface area contributed by atoms with Gasteiger partial charge in [0.15, 0.2) is 0 Å². The molecular formula is C9H13O4P. The Hall–Kier alpha value is -0.830. The van der Waals surface area contributed by atoms with Crippen LogP contribution in [0.4, 0.5) is 0 Å². The molecule has 0 aliphatic heterocycles. The van der Waals surface area contributed by atoms with Crippen molar-refractivity contribution in [3.63, 3.8) is 0 Å². The number of ether oxygens (including phenoxy) is 1. The summed E-state index contributed by atoms with van der Waals surface area (Å²) >= 11 is 0. The highest BCUT2D eigenvalue weighted by Gasteiger charge is 1.94. The second kappa shape index (κ2) is 6.60. The van der Waals surface area contributed by atoms with Gasteiger partial charge in [-0.15, -0.1) is 0 Å². The third kappa shape index (κ3) is 5.02. The van der Waals surface area contributed by atoms with E-state index in [0.29, 0.717) is 13.0 Å². The van der Waals surface area contributed by atoms with E-state index in [1.54, 1.807) is 0 Å². The van der Waals surface area contributed by atoms with Crippen molar-refractivity contribution in [2.75, 3.05) is 13.2 Å². The Kier molecular flexibility index (Phi) is 5.30. The van der Waals surface area contributed by atoms with Crippen molar-refractivity contribution in [3.05, 3.63) is 30.3 Å². The molecule has 1 unspecified atom stereocenters. The number of benzene rings is 1. The quantitative estimate of drug-likeness (QED) is 0.582. The van der Waals surface area contributed by atoms with Crippen LogP contribution in [0.3, 0.4) is 0 Å². The Morgan fingerprint density at radius 1 is 1.21 bits per heavy atom. The molecule has 5 heteroatoms. The van der Waals surface area contributed by atoms with Crippen molar-refractivity contribution < 1.29 is 18.7 Å². The van der Waals surface area contributed by atoms with Gasteiger partial charge in [-0.2, -0.15) is 0 Å². The van der Waals surface area contributed by atoms with E-state index >= 15 is 0 Å². The largest absolute Gasteiger partial charge is 0.494 e. The second-order valence-corrected chi connectivity index (χ2v) is 3.45. The molecule has 1 aromatic rings. The third-order valence-corrected chi connectivity index (χ3v) is 1.98. The summed E-state index contributed by atoms with van der Waals surface area (Å²) < 4.78 is 20.0. The van der Waals surface area contributed by atoms with Gasteiger partial charge in [0.2, 0.25) is 0 Å². The van der Waals surface area contributed by atoms with E-state index < -0.39 is 8.25 Å². The monoisotopic (exact) mass is 216 g/mol. The van der Waals surface area contributed by atoms with Crippen molar-refractivity contribution in [1.82, 2.24) is 0 Å². The molecule has 0 amide bonds. The zero-order chi connectivity index (χ0) is 10.2. The molecule has 0 aliphatic rings. The minimum absolute atomic E-state index is 0.251. The maximum absolute atomic E-state index is 10.2. The maximum Gasteiger partial charge on any atom is 0.316 e. The molecule has 1 rings (SSSR count). The lowest BCUT2D eigenvalue weighted by Gasteiger charge is -2.04. The summed E-state index contributed by atoms with van der Waals surface area (Å²) in [6, 6.07) is 9.40. The molecule has 4 nitrogen and oxygen atoms in total. The van der Waals surface area contributed by atoms with E-state index in [-0.39, 0.29) is 6.61 Å². The van der Waals surface area contributed by atoms with E-state index in [0.717, 1.165) is 5.75 Å². The Morgan fingerprint density at radius 2 is 1.93 bits per heavy atom. The van der Waals surface area contributed by atoms with E-state index in [4.69, 9.17) is 9.63 Å². The summed E-state index contributed by atoms with van der Waals surface area (Å²) in [6.07, 6.45) is 0.603. The second-order valence-electron chi connectivity index (χ2n) is 2.63. The lowest BCUT2D eigenvalue weighted by molar-refractivity contribution is 0.235. The van der Waals surface area contributed by atoms with Crippen LogP contribution in [0.1, 0.15) is 6.42 Å². The van der Waals surface area contributed by atoms with Crippen molar-refractivity contribution >= 4 is 8.25 Å². The first-order valence-electron chi connectivity index (χ1n) is 4.32. The number of rotatable bonds is 6. The molecule has 0 bridgehead atoms. The molecule has 0 saturated heterocycles. The highest BCUT2D eigenvalue weighted by atomic mass is 31.1. The summed E-state index contributed by atoms with van der Waals surface area (Å²) in [6.45, 7) is 0.736. The van der Waals surface area contributed by atoms with Crippen LogP contribution in [-0.4, -0.2) is 18.1 Å². The SMILES string of the molecule is O=[PH](O)OCCCOc1ccccc1. The van der Waals surface area contributed by atoms with Crippen LogP contribution in [0, 0.1) is 0 Å². The summed E-state index contributed by atoms with van der Waals surface area (Å²) in [5.74, 6) is 0.796. The zero-order valence-electron chi connectivity index (χ0n) is 7.68. The molecule has 0 radical (unpaired) electrons. The number of para-hydroxylation sites is 1. The molecule has 14 heavy (non-hydrogen) atoms. The smallest absolute Gasteiger partial charge is 0.316 e. The molecule has 0 heterocycles. The predicted molar refractivity (Wildman–Crippen MR) is 53.7 cm³/mol. The Morgan fingerprint density at radius 3 is 2.57 bits per heavy atom. The standard InChI is InChI=1S/C9H13O4P/c10-14(11)13-8-4-7-12-9-5-2-1-3-6-9/h1-3,5-6,14H,4,7-8H2,(H,10,11). The summed E-state index contributed by atoms with van der Waals surface area (Å²) in [7, 11) is -2.78. The van der Waals surface area contributed by atoms with E-state index in [9.17, 15) is 4.57 Å². The average Bonchev–Trinajstić information content (AvgIpc) is 2.18. The van der Waals surface area contributed by atoms with Crippen molar-refractivity contribution in [1.29, 1.82) is 0 Å². The molecule has 1 atom stereocenters. The number of hydrogen-bond donors (Lipinski definition) is 1. The Labute approximate surface area is 83.4 Å². The fourth-order valence-corrected chi connectivity index (χ4v) is 1.24. The van der Waals surface area contributed by atoms with E-state index in [1.165, 1.54) is 0 Å². The molecule has 78 valence electrons. The van der Waals surface area contributed by atoms with Gasteiger partial charge < -0.3 is 14.2 Å². The van der Waals surface area contributed by atoms with Gasteiger partial charge in [0, 0.05) is 6.42 Å². The highest BCUT2D eigenvalue weighted by molar-refractivity contribution is 7.32. The number of hydrogen-bond acceptors (Lipinski definition) is 3. The van der Waals surface area contributed by atoms with E-state index in [2.05, 4.69) is 4.52 Å². The van der Waals surface area contributed by atoms with Crippen molar-refractivity contribution in [2.45, 2.75) is 6.42 Å². The zero-order valence-corrected chi connectivity index (χ0v) is 8.68. The van der Waals surface area contributed by atoms with Gasteiger partial charge in [-0.25, -0.2) is 0 Å². The van der Waals surface area contributed by atoms with E-state index in [1.807, 2.05) is 30.3 Å². The van der Waals surface area contributed by atoms with Crippen LogP contribution in [0.2, 0.25) is 0 Å². The average molecular weight is 216 g/mol. The van der Waals surface area contributed by atoms with Gasteiger partial charge in [-0.3, -0.25) is 4.57 Å². The third-order valence-electron chi connectivity index (χ3n) is 1.53. The molecule has 0 aliphatic carbocycles. The first kappa shape index (κ1) is 11.2. The van der Waals surface area contributed by atoms with Crippen LogP contribution in [0.15, 0.2) is 30.3 Å². The minimum atomic E-state index is -2.78. The van der Waals surface area contributed by atoms with Crippen molar-refractivity contribution in [2.24, 2.45) is 0 Å². The molecule has 0 aromatic heterocycles. The lowest BCUT2D eigenvalue weighted by Crippen LogP contribution is -2.00. The molecule has 0 spiro atoms. The van der Waals surface area contributed by atoms with Crippen LogP contribution in [0.25, 0.3) is 0 Å². The van der Waals surface area contributed by atoms with Gasteiger partial charge >= 0.3 is 8.25 Å². The fourth-order valence-electron chi connectivity index (χ4n) is 0.925. The summed E-state index contributed by atoms with van der Waals surface area (Å²) in [5.41, 5.74) is 0. The first-order chi connectivity index (χ1) is 6.79. The van der Waals surface area contributed by atoms with Gasteiger partial charge in [0.05, 0.1) is 13.2 Å².